The van der Waals surface area contributed by atoms with Crippen LogP contribution in [-0.4, -0.2) is 56.1 Å². The van der Waals surface area contributed by atoms with Gasteiger partial charge in [-0.25, -0.2) is 0 Å². The number of guanidine groups is 1. The van der Waals surface area contributed by atoms with E-state index in [1.807, 2.05) is 4.90 Å². The van der Waals surface area contributed by atoms with Crippen LogP contribution < -0.4 is 10.6 Å². The third-order valence-corrected chi connectivity index (χ3v) is 5.77. The van der Waals surface area contributed by atoms with Crippen LogP contribution in [0.3, 0.4) is 0 Å². The van der Waals surface area contributed by atoms with Crippen molar-refractivity contribution in [1.29, 1.82) is 0 Å². The molecule has 3 rings (SSSR count). The highest BCUT2D eigenvalue weighted by Crippen LogP contribution is 2.32. The molecular formula is C22H31F3N4O2. The van der Waals surface area contributed by atoms with Gasteiger partial charge in [0.2, 0.25) is 5.91 Å². The average molecular weight is 441 g/mol. The van der Waals surface area contributed by atoms with Gasteiger partial charge < -0.3 is 20.3 Å². The summed E-state index contributed by atoms with van der Waals surface area (Å²) >= 11 is 0. The number of carbonyl (C=O) groups excluding carboxylic acids is 1. The van der Waals surface area contributed by atoms with Crippen molar-refractivity contribution in [3.8, 4) is 0 Å². The molecule has 1 aromatic rings. The van der Waals surface area contributed by atoms with E-state index in [-0.39, 0.29) is 11.9 Å². The largest absolute Gasteiger partial charge is 0.416 e. The molecule has 0 spiro atoms. The van der Waals surface area contributed by atoms with Crippen molar-refractivity contribution in [3.05, 3.63) is 35.4 Å². The molecule has 31 heavy (non-hydrogen) atoms. The lowest BCUT2D eigenvalue weighted by molar-refractivity contribution is -0.137. The fraction of sp³-hybridized carbons (Fsp3) is 0.636. The van der Waals surface area contributed by atoms with Crippen molar-refractivity contribution in [2.75, 3.05) is 33.3 Å². The molecule has 2 N–H and O–H groups in total. The Bertz CT molecular complexity index is 763. The van der Waals surface area contributed by atoms with Crippen molar-refractivity contribution in [3.63, 3.8) is 0 Å². The van der Waals surface area contributed by atoms with Gasteiger partial charge in [-0.05, 0) is 30.5 Å². The number of aliphatic imine (C=N–C) groups is 1. The molecule has 0 radical (unpaired) electrons. The molecular weight excluding hydrogens is 409 g/mol. The number of halogens is 3. The number of hydrogen-bond donors (Lipinski definition) is 2. The third-order valence-electron chi connectivity index (χ3n) is 5.77. The lowest BCUT2D eigenvalue weighted by Gasteiger charge is -2.35. The average Bonchev–Trinajstić information content (AvgIpc) is 2.77. The van der Waals surface area contributed by atoms with Gasteiger partial charge in [0.15, 0.2) is 5.96 Å². The van der Waals surface area contributed by atoms with Gasteiger partial charge in [0.25, 0.3) is 0 Å². The Morgan fingerprint density at radius 2 is 2.03 bits per heavy atom. The number of alkyl halides is 3. The normalized spacial score (nSPS) is 21.1. The van der Waals surface area contributed by atoms with Gasteiger partial charge >= 0.3 is 6.18 Å². The molecule has 1 aromatic carbocycles. The fourth-order valence-corrected chi connectivity index (χ4v) is 4.13. The summed E-state index contributed by atoms with van der Waals surface area (Å²) in [4.78, 5) is 18.4. The SMILES string of the molecule is CN=C(NCCC(=O)NC1CCCCC1)N1CCOC(c2cccc(C(F)(F)F)c2)C1. The molecule has 6 nitrogen and oxygen atoms in total. The van der Waals surface area contributed by atoms with Crippen LogP contribution in [0.1, 0.15) is 55.8 Å². The van der Waals surface area contributed by atoms with Crippen LogP contribution in [0.4, 0.5) is 13.2 Å². The van der Waals surface area contributed by atoms with Crippen molar-refractivity contribution in [2.24, 2.45) is 4.99 Å². The van der Waals surface area contributed by atoms with E-state index in [0.29, 0.717) is 44.2 Å². The van der Waals surface area contributed by atoms with Gasteiger partial charge in [-0.15, -0.1) is 0 Å². The van der Waals surface area contributed by atoms with Gasteiger partial charge in [-0.1, -0.05) is 31.4 Å². The Labute approximate surface area is 181 Å². The van der Waals surface area contributed by atoms with E-state index in [1.165, 1.54) is 25.3 Å². The molecule has 1 saturated heterocycles. The number of carbonyl (C=O) groups is 1. The number of rotatable bonds is 5. The fourth-order valence-electron chi connectivity index (χ4n) is 4.13. The third kappa shape index (κ3) is 6.85. The van der Waals surface area contributed by atoms with E-state index >= 15 is 0 Å². The highest BCUT2D eigenvalue weighted by atomic mass is 19.4. The molecule has 172 valence electrons. The van der Waals surface area contributed by atoms with Crippen molar-refractivity contribution >= 4 is 11.9 Å². The molecule has 0 bridgehead atoms. The van der Waals surface area contributed by atoms with Crippen LogP contribution in [-0.2, 0) is 15.7 Å². The first kappa shape index (κ1) is 23.4. The van der Waals surface area contributed by atoms with Crippen molar-refractivity contribution < 1.29 is 22.7 Å². The molecule has 2 fully saturated rings. The summed E-state index contributed by atoms with van der Waals surface area (Å²) < 4.78 is 44.8. The van der Waals surface area contributed by atoms with E-state index < -0.39 is 17.8 Å². The molecule has 1 saturated carbocycles. The zero-order chi connectivity index (χ0) is 22.3. The van der Waals surface area contributed by atoms with Crippen LogP contribution in [0, 0.1) is 0 Å². The minimum Gasteiger partial charge on any atom is -0.370 e. The molecule has 1 amide bonds. The number of amides is 1. The van der Waals surface area contributed by atoms with Crippen LogP contribution in [0.15, 0.2) is 29.3 Å². The minimum atomic E-state index is -4.39. The second-order valence-corrected chi connectivity index (χ2v) is 8.06. The second kappa shape index (κ2) is 10.8. The van der Waals surface area contributed by atoms with Gasteiger partial charge in [-0.3, -0.25) is 9.79 Å². The van der Waals surface area contributed by atoms with Crippen LogP contribution in [0.2, 0.25) is 0 Å². The van der Waals surface area contributed by atoms with Crippen molar-refractivity contribution in [2.45, 2.75) is 56.8 Å². The van der Waals surface area contributed by atoms with Gasteiger partial charge in [0.05, 0.1) is 18.7 Å². The smallest absolute Gasteiger partial charge is 0.370 e. The summed E-state index contributed by atoms with van der Waals surface area (Å²) in [7, 11) is 1.65. The molecule has 1 aliphatic heterocycles. The Hall–Kier alpha value is -2.29. The van der Waals surface area contributed by atoms with Gasteiger partial charge in [0.1, 0.15) is 6.10 Å². The molecule has 1 atom stereocenters. The second-order valence-electron chi connectivity index (χ2n) is 8.06. The Balaban J connectivity index is 1.51. The topological polar surface area (TPSA) is 66.0 Å². The first-order valence-corrected chi connectivity index (χ1v) is 10.9. The summed E-state index contributed by atoms with van der Waals surface area (Å²) in [6, 6.07) is 5.53. The molecule has 0 aromatic heterocycles. The summed E-state index contributed by atoms with van der Waals surface area (Å²) in [5, 5.41) is 6.29. The maximum absolute atomic E-state index is 13.0. The summed E-state index contributed by atoms with van der Waals surface area (Å²) in [6.07, 6.45) is 1.14. The molecule has 1 unspecified atom stereocenters. The number of ether oxygens (including phenoxy) is 1. The Morgan fingerprint density at radius 1 is 1.26 bits per heavy atom. The first-order valence-electron chi connectivity index (χ1n) is 10.9. The first-order chi connectivity index (χ1) is 14.9. The number of hydrogen-bond acceptors (Lipinski definition) is 3. The van der Waals surface area contributed by atoms with E-state index in [2.05, 4.69) is 15.6 Å². The lowest BCUT2D eigenvalue weighted by atomic mass is 9.95. The predicted octanol–water partition coefficient (Wildman–Crippen LogP) is 3.49. The highest BCUT2D eigenvalue weighted by molar-refractivity contribution is 5.81. The molecule has 1 heterocycles. The van der Waals surface area contributed by atoms with E-state index in [9.17, 15) is 18.0 Å². The maximum atomic E-state index is 13.0. The lowest BCUT2D eigenvalue weighted by Crippen LogP contribution is -2.49. The van der Waals surface area contributed by atoms with Gasteiger partial charge in [-0.2, -0.15) is 13.2 Å². The monoisotopic (exact) mass is 440 g/mol. The summed E-state index contributed by atoms with van der Waals surface area (Å²) in [5.41, 5.74) is -0.195. The van der Waals surface area contributed by atoms with Gasteiger partial charge in [0, 0.05) is 32.6 Å². The Morgan fingerprint density at radius 3 is 2.74 bits per heavy atom. The summed E-state index contributed by atoms with van der Waals surface area (Å²) in [5.74, 6) is 0.643. The molecule has 9 heteroatoms. The number of morpholine rings is 1. The standard InChI is InChI=1S/C22H31F3N4O2/c1-26-21(27-11-10-20(30)28-18-8-3-2-4-9-18)29-12-13-31-19(15-29)16-6-5-7-17(14-16)22(23,24)25/h5-7,14,18-19H,2-4,8-13,15H2,1H3,(H,26,27)(H,28,30). The zero-order valence-corrected chi connectivity index (χ0v) is 17.9. The van der Waals surface area contributed by atoms with Crippen LogP contribution in [0.5, 0.6) is 0 Å². The predicted molar refractivity (Wildman–Crippen MR) is 113 cm³/mol. The number of nitrogens with zero attached hydrogens (tertiary/aromatic N) is 2. The highest BCUT2D eigenvalue weighted by Gasteiger charge is 2.32. The minimum absolute atomic E-state index is 0.0265. The maximum Gasteiger partial charge on any atom is 0.416 e. The molecule has 2 aliphatic rings. The number of benzene rings is 1. The molecule has 1 aliphatic carbocycles. The van der Waals surface area contributed by atoms with Crippen LogP contribution >= 0.6 is 0 Å². The summed E-state index contributed by atoms with van der Waals surface area (Å²) in [6.45, 7) is 1.78. The van der Waals surface area contributed by atoms with Crippen LogP contribution in [0.25, 0.3) is 0 Å². The zero-order valence-electron chi connectivity index (χ0n) is 17.9. The quantitative estimate of drug-likeness (QED) is 0.544. The number of nitrogens with one attached hydrogen (secondary N) is 2. The van der Waals surface area contributed by atoms with E-state index in [0.717, 1.165) is 25.0 Å². The van der Waals surface area contributed by atoms with E-state index in [1.54, 1.807) is 13.1 Å². The van der Waals surface area contributed by atoms with E-state index in [4.69, 9.17) is 4.74 Å². The Kier molecular flexibility index (Phi) is 8.17. The van der Waals surface area contributed by atoms with Crippen molar-refractivity contribution in [1.82, 2.24) is 15.5 Å².